The van der Waals surface area contributed by atoms with Crippen LogP contribution in [0.25, 0.3) is 33.3 Å². The average molecular weight is 975 g/mol. The molecule has 15 nitrogen and oxygen atoms in total. The molecule has 5 amide bonds. The second-order valence-corrected chi connectivity index (χ2v) is 21.1. The topological polar surface area (TPSA) is 159 Å². The molecule has 2 saturated heterocycles. The maximum absolute atomic E-state index is 14.9. The molecule has 1 aliphatic carbocycles. The lowest BCUT2D eigenvalue weighted by Gasteiger charge is -2.54. The maximum atomic E-state index is 14.9. The third kappa shape index (κ3) is 9.96. The SMILES string of the molecule is C=CC(=O)N1CCN(C(=O)N(C)[C@H](C(=O)N[C@H](S)[C@H]2Cc3cccc(c3)-c3ccc4c(c3)c(c(-c3cccnc3[C@H](C)OC)n4CC)CC(C)(C)COC(=O)[C@@H]3CCCN(N3)C2=O)C(C)C)[C@@H]2CC[C@@H]21. The molecule has 2 N–H and O–H groups in total. The normalized spacial score (nSPS) is 22.8. The zero-order chi connectivity index (χ0) is 50.2. The number of nitrogens with zero attached hydrogens (tertiary/aromatic N) is 6. The van der Waals surface area contributed by atoms with Crippen LogP contribution in [0.2, 0.25) is 0 Å². The van der Waals surface area contributed by atoms with Gasteiger partial charge in [0.05, 0.1) is 47.5 Å². The van der Waals surface area contributed by atoms with Crippen molar-refractivity contribution in [1.82, 2.24) is 40.0 Å². The van der Waals surface area contributed by atoms with E-state index in [1.165, 1.54) is 16.0 Å². The minimum atomic E-state index is -0.984. The number of carbonyl (C=O) groups excluding carboxylic acids is 5. The molecule has 5 heterocycles. The van der Waals surface area contributed by atoms with E-state index in [0.717, 1.165) is 62.9 Å². The van der Waals surface area contributed by atoms with Gasteiger partial charge in [0.25, 0.3) is 0 Å². The third-order valence-corrected chi connectivity index (χ3v) is 15.4. The number of hydrazine groups is 1. The van der Waals surface area contributed by atoms with Crippen molar-refractivity contribution in [3.05, 3.63) is 90.3 Å². The van der Waals surface area contributed by atoms with Crippen LogP contribution in [0.1, 0.15) is 90.2 Å². The second-order valence-electron chi connectivity index (χ2n) is 20.6. The molecule has 3 fully saturated rings. The number of aryl methyl sites for hydroxylation is 1. The molecule has 3 aliphatic heterocycles. The number of methoxy groups -OCH3 is 1. The molecule has 2 aromatic carbocycles. The number of benzene rings is 2. The van der Waals surface area contributed by atoms with Crippen LogP contribution in [0.3, 0.4) is 0 Å². The molecule has 8 rings (SSSR count). The highest BCUT2D eigenvalue weighted by Crippen LogP contribution is 2.42. The number of hydrogen-bond acceptors (Lipinski definition) is 10. The smallest absolute Gasteiger partial charge is 0.324 e. The molecule has 0 radical (unpaired) electrons. The van der Waals surface area contributed by atoms with Crippen LogP contribution in [-0.4, -0.2) is 129 Å². The third-order valence-electron chi connectivity index (χ3n) is 14.9. The lowest BCUT2D eigenvalue weighted by atomic mass is 9.81. The van der Waals surface area contributed by atoms with Crippen LogP contribution < -0.4 is 10.7 Å². The number of fused-ring (bicyclic) bond motifs is 7. The fraction of sp³-hybridized carbons (Fsp3) is 0.519. The minimum absolute atomic E-state index is 0.0871. The second kappa shape index (κ2) is 20.9. The average Bonchev–Trinajstić information content (AvgIpc) is 3.64. The van der Waals surface area contributed by atoms with E-state index in [-0.39, 0.29) is 55.0 Å². The molecule has 6 bridgehead atoms. The Balaban J connectivity index is 1.14. The Labute approximate surface area is 417 Å². The number of thiol groups is 1. The molecule has 4 aromatic rings. The van der Waals surface area contributed by atoms with E-state index in [4.69, 9.17) is 27.1 Å². The van der Waals surface area contributed by atoms with Crippen LogP contribution in [0.5, 0.6) is 0 Å². The fourth-order valence-electron chi connectivity index (χ4n) is 11.1. The highest BCUT2D eigenvalue weighted by atomic mass is 32.1. The standard InChI is InChI=1S/C54H70N8O7S/c1-10-45(63)60-25-26-61(44-22-21-43(44)60)53(67)58(8)47(32(3)4)49(64)56-50(70)39-28-34-15-12-16-35(27-34)36-19-20-42-38(29-36)40(48(59(42)11-2)37-17-13-23-55-46(37)33(5)68-9)30-54(6,7)31-69-52(66)41-18-14-24-62(57-41)51(39)65/h10,12-13,15-17,19-20,23,27,29,32-33,39,41,43-44,47,50,57,70H,1,11,14,18,21-22,24-26,28,30-31H2,2-9H3,(H,56,64)/t33-,39+,41-,43-,44+,47-,50+/m0/s1. The molecule has 70 heavy (non-hydrogen) atoms. The summed E-state index contributed by atoms with van der Waals surface area (Å²) in [5, 5.41) is 4.64. The lowest BCUT2D eigenvalue weighted by molar-refractivity contribution is -0.155. The van der Waals surface area contributed by atoms with Crippen LogP contribution in [0.15, 0.2) is 73.4 Å². The summed E-state index contributed by atoms with van der Waals surface area (Å²) in [6.45, 7) is 17.7. The number of carbonyl (C=O) groups is 5. The van der Waals surface area contributed by atoms with Gasteiger partial charge in [-0.2, -0.15) is 12.6 Å². The van der Waals surface area contributed by atoms with Crippen LogP contribution in [0.4, 0.5) is 4.79 Å². The summed E-state index contributed by atoms with van der Waals surface area (Å²) in [6.07, 6.45) is 6.26. The Morgan fingerprint density at radius 2 is 1.74 bits per heavy atom. The Kier molecular flexibility index (Phi) is 15.2. The first-order chi connectivity index (χ1) is 33.5. The number of nitrogens with one attached hydrogen (secondary N) is 2. The molecule has 16 heteroatoms. The molecule has 374 valence electrons. The molecule has 4 aliphatic rings. The van der Waals surface area contributed by atoms with Crippen molar-refractivity contribution < 1.29 is 33.4 Å². The van der Waals surface area contributed by atoms with E-state index in [0.29, 0.717) is 45.4 Å². The summed E-state index contributed by atoms with van der Waals surface area (Å²) in [6, 6.07) is 16.6. The molecular weight excluding hydrogens is 905 g/mol. The van der Waals surface area contributed by atoms with E-state index in [1.54, 1.807) is 30.2 Å². The summed E-state index contributed by atoms with van der Waals surface area (Å²) in [5.74, 6) is -2.53. The summed E-state index contributed by atoms with van der Waals surface area (Å²) in [7, 11) is 3.33. The van der Waals surface area contributed by atoms with Crippen molar-refractivity contribution in [3.63, 3.8) is 0 Å². The number of urea groups is 1. The van der Waals surface area contributed by atoms with Gasteiger partial charge in [-0.05, 0) is 111 Å². The van der Waals surface area contributed by atoms with Crippen molar-refractivity contribution in [3.8, 4) is 22.4 Å². The summed E-state index contributed by atoms with van der Waals surface area (Å²) >= 11 is 4.99. The first kappa shape index (κ1) is 50.7. The van der Waals surface area contributed by atoms with Crippen LogP contribution >= 0.6 is 12.6 Å². The number of piperazine rings is 1. The predicted octanol–water partition coefficient (Wildman–Crippen LogP) is 7.19. The van der Waals surface area contributed by atoms with Gasteiger partial charge in [0.15, 0.2) is 0 Å². The maximum Gasteiger partial charge on any atom is 0.324 e. The number of cyclic esters (lactones) is 1. The van der Waals surface area contributed by atoms with Gasteiger partial charge in [0.2, 0.25) is 17.7 Å². The largest absolute Gasteiger partial charge is 0.464 e. The number of rotatable bonds is 10. The molecule has 2 aromatic heterocycles. The molecule has 0 unspecified atom stereocenters. The zero-order valence-electron chi connectivity index (χ0n) is 41.9. The van der Waals surface area contributed by atoms with E-state index in [2.05, 4.69) is 79.1 Å². The monoisotopic (exact) mass is 975 g/mol. The quantitative estimate of drug-likeness (QED) is 0.0648. The number of likely N-dealkylation sites (N-methyl/N-ethyl adjacent to an activating group) is 1. The number of esters is 1. The molecule has 7 atom stereocenters. The number of hydrogen-bond donors (Lipinski definition) is 3. The van der Waals surface area contributed by atoms with Gasteiger partial charge in [0, 0.05) is 68.4 Å². The van der Waals surface area contributed by atoms with Crippen LogP contribution in [0, 0.1) is 17.3 Å². The Hall–Kier alpha value is -5.71. The molecule has 1 saturated carbocycles. The van der Waals surface area contributed by atoms with Gasteiger partial charge in [0.1, 0.15) is 12.1 Å². The van der Waals surface area contributed by atoms with Gasteiger partial charge < -0.3 is 34.1 Å². The number of pyridine rings is 1. The lowest BCUT2D eigenvalue weighted by Crippen LogP contribution is -2.69. The first-order valence-electron chi connectivity index (χ1n) is 24.9. The highest BCUT2D eigenvalue weighted by Gasteiger charge is 2.48. The number of aromatic nitrogens is 2. The van der Waals surface area contributed by atoms with Gasteiger partial charge in [-0.15, -0.1) is 0 Å². The highest BCUT2D eigenvalue weighted by molar-refractivity contribution is 7.81. The van der Waals surface area contributed by atoms with Crippen LogP contribution in [-0.2, 0) is 48.0 Å². The Morgan fingerprint density at radius 1 is 1.01 bits per heavy atom. The summed E-state index contributed by atoms with van der Waals surface area (Å²) in [5.41, 5.74) is 10.6. The van der Waals surface area contributed by atoms with Gasteiger partial charge in [-0.1, -0.05) is 64.6 Å². The van der Waals surface area contributed by atoms with E-state index < -0.39 is 40.7 Å². The van der Waals surface area contributed by atoms with E-state index in [1.807, 2.05) is 39.0 Å². The zero-order valence-corrected chi connectivity index (χ0v) is 42.8. The predicted molar refractivity (Wildman–Crippen MR) is 273 cm³/mol. The Bertz CT molecular complexity index is 2650. The van der Waals surface area contributed by atoms with Gasteiger partial charge in [-0.25, -0.2) is 10.2 Å². The minimum Gasteiger partial charge on any atom is -0.464 e. The van der Waals surface area contributed by atoms with Crippen molar-refractivity contribution >= 4 is 53.3 Å². The van der Waals surface area contributed by atoms with Crippen molar-refractivity contribution in [2.24, 2.45) is 17.3 Å². The van der Waals surface area contributed by atoms with Crippen molar-refractivity contribution in [2.45, 2.75) is 122 Å². The van der Waals surface area contributed by atoms with Crippen molar-refractivity contribution in [1.29, 1.82) is 0 Å². The fourth-order valence-corrected chi connectivity index (χ4v) is 11.5. The van der Waals surface area contributed by atoms with Crippen molar-refractivity contribution in [2.75, 3.05) is 40.4 Å². The molecule has 0 spiro atoms. The number of ether oxygens (including phenoxy) is 2. The van der Waals surface area contributed by atoms with Gasteiger partial charge >= 0.3 is 12.0 Å². The number of amides is 5. The van der Waals surface area contributed by atoms with E-state index >= 15 is 0 Å². The van der Waals surface area contributed by atoms with Gasteiger partial charge in [-0.3, -0.25) is 29.2 Å². The molecular formula is C54H70N8O7S. The first-order valence-corrected chi connectivity index (χ1v) is 25.4. The van der Waals surface area contributed by atoms with E-state index in [9.17, 15) is 24.0 Å². The summed E-state index contributed by atoms with van der Waals surface area (Å²) in [4.78, 5) is 80.1. The Morgan fingerprint density at radius 3 is 2.44 bits per heavy atom. The summed E-state index contributed by atoms with van der Waals surface area (Å²) < 4.78 is 14.3.